The maximum Gasteiger partial charge on any atom is 0.187 e. The zero-order valence-corrected chi connectivity index (χ0v) is 12.4. The number of para-hydroxylation sites is 1. The summed E-state index contributed by atoms with van der Waals surface area (Å²) in [6, 6.07) is 16.5. The number of hydrogen-bond acceptors (Lipinski definition) is 2. The van der Waals surface area contributed by atoms with Gasteiger partial charge in [-0.1, -0.05) is 42.0 Å². The van der Waals surface area contributed by atoms with E-state index in [9.17, 15) is 0 Å². The van der Waals surface area contributed by atoms with Crippen molar-refractivity contribution >= 4 is 11.3 Å². The lowest BCUT2D eigenvalue weighted by Crippen LogP contribution is -2.12. The molecule has 1 heterocycles. The molecule has 1 aromatic heterocycles. The summed E-state index contributed by atoms with van der Waals surface area (Å²) in [6.45, 7) is 4.23. The summed E-state index contributed by atoms with van der Waals surface area (Å²) in [4.78, 5) is 0.547. The molecule has 0 bridgehead atoms. The molecule has 2 nitrogen and oxygen atoms in total. The predicted molar refractivity (Wildman–Crippen MR) is 84.4 cm³/mol. The first-order valence-corrected chi connectivity index (χ1v) is 7.43. The van der Waals surface area contributed by atoms with E-state index in [1.807, 2.05) is 34.9 Å². The van der Waals surface area contributed by atoms with Gasteiger partial charge in [-0.15, -0.1) is 11.3 Å². The summed E-state index contributed by atoms with van der Waals surface area (Å²) in [7, 11) is 0. The van der Waals surface area contributed by atoms with Gasteiger partial charge >= 0.3 is 0 Å². The summed E-state index contributed by atoms with van der Waals surface area (Å²) >= 11 is 1.46. The van der Waals surface area contributed by atoms with Crippen LogP contribution in [0.4, 0.5) is 0 Å². The Morgan fingerprint density at radius 3 is 2.45 bits per heavy atom. The molecule has 3 aromatic rings. The van der Waals surface area contributed by atoms with Crippen molar-refractivity contribution in [1.29, 1.82) is 5.41 Å². The highest BCUT2D eigenvalue weighted by Gasteiger charge is 2.11. The first-order chi connectivity index (χ1) is 9.66. The van der Waals surface area contributed by atoms with Gasteiger partial charge in [0.2, 0.25) is 0 Å². The second kappa shape index (κ2) is 5.10. The number of nitrogens with zero attached hydrogens (tertiary/aromatic N) is 1. The molecule has 1 N–H and O–H groups in total. The van der Waals surface area contributed by atoms with Gasteiger partial charge < -0.3 is 0 Å². The third-order valence-electron chi connectivity index (χ3n) is 3.40. The minimum Gasteiger partial charge on any atom is -0.286 e. The number of aromatic nitrogens is 1. The van der Waals surface area contributed by atoms with E-state index in [-0.39, 0.29) is 0 Å². The highest BCUT2D eigenvalue weighted by Crippen LogP contribution is 2.26. The van der Waals surface area contributed by atoms with Crippen LogP contribution >= 0.6 is 11.3 Å². The van der Waals surface area contributed by atoms with Crippen molar-refractivity contribution in [2.45, 2.75) is 13.8 Å². The molecule has 0 spiro atoms. The molecule has 0 atom stereocenters. The van der Waals surface area contributed by atoms with Crippen LogP contribution in [0.25, 0.3) is 16.9 Å². The predicted octanol–water partition coefficient (Wildman–Crippen LogP) is 4.30. The van der Waals surface area contributed by atoms with Crippen molar-refractivity contribution in [3.63, 3.8) is 0 Å². The van der Waals surface area contributed by atoms with Gasteiger partial charge in [-0.25, -0.2) is 0 Å². The Morgan fingerprint density at radius 2 is 1.75 bits per heavy atom. The average Bonchev–Trinajstić information content (AvgIpc) is 2.81. The number of aryl methyl sites for hydroxylation is 2. The monoisotopic (exact) mass is 280 g/mol. The standard InChI is InChI=1S/C17H16N2S/c1-12-8-9-15(13(2)10-12)16-11-20-17(18)19(16)14-6-4-3-5-7-14/h3-11,18H,1-2H3. The molecule has 0 amide bonds. The topological polar surface area (TPSA) is 28.8 Å². The molecule has 0 saturated carbocycles. The fourth-order valence-corrected chi connectivity index (χ4v) is 3.21. The van der Waals surface area contributed by atoms with Crippen molar-refractivity contribution in [1.82, 2.24) is 4.57 Å². The Morgan fingerprint density at radius 1 is 1.00 bits per heavy atom. The molecular formula is C17H16N2S. The molecular weight excluding hydrogens is 264 g/mol. The van der Waals surface area contributed by atoms with Crippen LogP contribution < -0.4 is 4.80 Å². The Bertz CT molecular complexity index is 797. The molecule has 0 radical (unpaired) electrons. The van der Waals surface area contributed by atoms with E-state index in [1.54, 1.807) is 0 Å². The molecule has 20 heavy (non-hydrogen) atoms. The van der Waals surface area contributed by atoms with E-state index in [4.69, 9.17) is 5.41 Å². The summed E-state index contributed by atoms with van der Waals surface area (Å²) in [5.74, 6) is 0. The second-order valence-corrected chi connectivity index (χ2v) is 5.77. The van der Waals surface area contributed by atoms with E-state index in [0.717, 1.165) is 11.4 Å². The van der Waals surface area contributed by atoms with E-state index in [2.05, 4.69) is 37.4 Å². The summed E-state index contributed by atoms with van der Waals surface area (Å²) in [5, 5.41) is 10.2. The molecule has 3 rings (SSSR count). The van der Waals surface area contributed by atoms with Gasteiger partial charge in [0, 0.05) is 16.6 Å². The maximum atomic E-state index is 8.17. The van der Waals surface area contributed by atoms with E-state index in [1.165, 1.54) is 28.0 Å². The van der Waals surface area contributed by atoms with Crippen LogP contribution in [0.2, 0.25) is 0 Å². The summed E-state index contributed by atoms with van der Waals surface area (Å²) < 4.78 is 2.00. The van der Waals surface area contributed by atoms with Crippen molar-refractivity contribution in [2.75, 3.05) is 0 Å². The first kappa shape index (κ1) is 12.9. The number of rotatable bonds is 2. The minimum atomic E-state index is 0.547. The number of thiazole rings is 1. The van der Waals surface area contributed by atoms with Gasteiger partial charge in [0.15, 0.2) is 4.80 Å². The Hall–Kier alpha value is -2.13. The van der Waals surface area contributed by atoms with Crippen molar-refractivity contribution < 1.29 is 0 Å². The minimum absolute atomic E-state index is 0.547. The SMILES string of the molecule is Cc1ccc(-c2csc(=N)n2-c2ccccc2)c(C)c1. The lowest BCUT2D eigenvalue weighted by molar-refractivity contribution is 0.985. The quantitative estimate of drug-likeness (QED) is 0.725. The van der Waals surface area contributed by atoms with Gasteiger partial charge in [-0.05, 0) is 31.5 Å². The average molecular weight is 280 g/mol. The van der Waals surface area contributed by atoms with Crippen LogP contribution in [0, 0.1) is 19.3 Å². The fourth-order valence-electron chi connectivity index (χ4n) is 2.44. The first-order valence-electron chi connectivity index (χ1n) is 6.55. The summed E-state index contributed by atoms with van der Waals surface area (Å²) in [6.07, 6.45) is 0. The van der Waals surface area contributed by atoms with Crippen molar-refractivity contribution in [3.05, 3.63) is 69.8 Å². The van der Waals surface area contributed by atoms with E-state index >= 15 is 0 Å². The zero-order chi connectivity index (χ0) is 14.1. The highest BCUT2D eigenvalue weighted by molar-refractivity contribution is 7.07. The smallest absolute Gasteiger partial charge is 0.187 e. The van der Waals surface area contributed by atoms with Crippen LogP contribution in [-0.4, -0.2) is 4.57 Å². The van der Waals surface area contributed by atoms with Gasteiger partial charge in [0.05, 0.1) is 5.69 Å². The zero-order valence-electron chi connectivity index (χ0n) is 11.6. The van der Waals surface area contributed by atoms with Crippen LogP contribution in [0.1, 0.15) is 11.1 Å². The lowest BCUT2D eigenvalue weighted by atomic mass is 10.0. The van der Waals surface area contributed by atoms with Crippen LogP contribution in [0.3, 0.4) is 0 Å². The fraction of sp³-hybridized carbons (Fsp3) is 0.118. The van der Waals surface area contributed by atoms with Crippen molar-refractivity contribution in [2.24, 2.45) is 0 Å². The van der Waals surface area contributed by atoms with Crippen LogP contribution in [0.15, 0.2) is 53.9 Å². The molecule has 2 aromatic carbocycles. The molecule has 0 saturated heterocycles. The van der Waals surface area contributed by atoms with E-state index < -0.39 is 0 Å². The summed E-state index contributed by atoms with van der Waals surface area (Å²) in [5.41, 5.74) is 5.82. The molecule has 100 valence electrons. The van der Waals surface area contributed by atoms with E-state index in [0.29, 0.717) is 4.80 Å². The van der Waals surface area contributed by atoms with Crippen LogP contribution in [-0.2, 0) is 0 Å². The molecule has 0 aliphatic heterocycles. The third-order valence-corrected chi connectivity index (χ3v) is 4.15. The van der Waals surface area contributed by atoms with Gasteiger partial charge in [0.1, 0.15) is 0 Å². The highest BCUT2D eigenvalue weighted by atomic mass is 32.1. The Kier molecular flexibility index (Phi) is 3.28. The number of nitrogens with one attached hydrogen (secondary N) is 1. The molecule has 0 aliphatic carbocycles. The Labute approximate surface area is 122 Å². The molecule has 0 unspecified atom stereocenters. The maximum absolute atomic E-state index is 8.17. The van der Waals surface area contributed by atoms with Gasteiger partial charge in [-0.3, -0.25) is 9.98 Å². The normalized spacial score (nSPS) is 10.7. The van der Waals surface area contributed by atoms with Crippen molar-refractivity contribution in [3.8, 4) is 16.9 Å². The molecule has 0 fully saturated rings. The molecule has 0 aliphatic rings. The Balaban J connectivity index is 2.24. The van der Waals surface area contributed by atoms with Gasteiger partial charge in [-0.2, -0.15) is 0 Å². The number of benzene rings is 2. The largest absolute Gasteiger partial charge is 0.286 e. The van der Waals surface area contributed by atoms with Gasteiger partial charge in [0.25, 0.3) is 0 Å². The third kappa shape index (κ3) is 2.21. The molecule has 3 heteroatoms. The van der Waals surface area contributed by atoms with Crippen LogP contribution in [0.5, 0.6) is 0 Å². The number of hydrogen-bond donors (Lipinski definition) is 1. The lowest BCUT2D eigenvalue weighted by Gasteiger charge is -2.11. The second-order valence-electron chi connectivity index (χ2n) is 4.92.